The van der Waals surface area contributed by atoms with E-state index in [1.54, 1.807) is 13.4 Å². The molecule has 0 aliphatic rings. The number of rotatable bonds is 7. The minimum Gasteiger partial charge on any atom is -0.617 e. The lowest BCUT2D eigenvalue weighted by atomic mass is 10.0. The Kier molecular flexibility index (Phi) is 6.32. The van der Waals surface area contributed by atoms with Crippen LogP contribution < -0.4 is 15.2 Å². The number of benzene rings is 1. The molecule has 102 valence electrons. The van der Waals surface area contributed by atoms with Gasteiger partial charge in [-0.25, -0.2) is 0 Å². The van der Waals surface area contributed by atoms with Crippen LogP contribution >= 0.6 is 0 Å². The van der Waals surface area contributed by atoms with E-state index >= 15 is 0 Å². The maximum Gasteiger partial charge on any atom is 0.161 e. The van der Waals surface area contributed by atoms with Gasteiger partial charge < -0.3 is 19.8 Å². The minimum absolute atomic E-state index is 0.126. The SMILES string of the molecule is CCOc1cc(C(N)CC[S+](C)[O-])ccc1OC. The molecule has 2 N–H and O–H groups in total. The molecule has 1 aromatic rings. The third kappa shape index (κ3) is 4.40. The number of ether oxygens (including phenoxy) is 2. The van der Waals surface area contributed by atoms with Crippen molar-refractivity contribution >= 4 is 11.2 Å². The molecule has 1 rings (SSSR count). The third-order valence-corrected chi connectivity index (χ3v) is 3.44. The molecule has 0 spiro atoms. The molecule has 0 fully saturated rings. The van der Waals surface area contributed by atoms with Crippen molar-refractivity contribution in [3.05, 3.63) is 23.8 Å². The molecule has 0 saturated heterocycles. The van der Waals surface area contributed by atoms with Crippen molar-refractivity contribution in [2.75, 3.05) is 25.7 Å². The first-order valence-electron chi connectivity index (χ1n) is 5.94. The van der Waals surface area contributed by atoms with Crippen molar-refractivity contribution in [3.63, 3.8) is 0 Å². The smallest absolute Gasteiger partial charge is 0.161 e. The quantitative estimate of drug-likeness (QED) is 0.769. The molecule has 2 atom stereocenters. The Morgan fingerprint density at radius 2 is 2.11 bits per heavy atom. The highest BCUT2D eigenvalue weighted by molar-refractivity contribution is 7.90. The summed E-state index contributed by atoms with van der Waals surface area (Å²) >= 11 is -0.811. The fourth-order valence-electron chi connectivity index (χ4n) is 1.65. The van der Waals surface area contributed by atoms with Crippen molar-refractivity contribution in [2.45, 2.75) is 19.4 Å². The Morgan fingerprint density at radius 1 is 1.39 bits per heavy atom. The Bertz CT molecular complexity index is 371. The number of hydrogen-bond acceptors (Lipinski definition) is 4. The summed E-state index contributed by atoms with van der Waals surface area (Å²) in [7, 11) is 1.61. The fraction of sp³-hybridized carbons (Fsp3) is 0.538. The zero-order valence-electron chi connectivity index (χ0n) is 11.1. The van der Waals surface area contributed by atoms with Gasteiger partial charge in [0.05, 0.1) is 20.0 Å². The standard InChI is InChI=1S/C13H21NO3S/c1-4-17-13-9-10(5-6-12(13)16-2)11(14)7-8-18(3)15/h5-6,9,11H,4,7-8,14H2,1-3H3. The van der Waals surface area contributed by atoms with Crippen LogP contribution in [0.5, 0.6) is 11.5 Å². The van der Waals surface area contributed by atoms with Crippen LogP contribution in [0, 0.1) is 0 Å². The van der Waals surface area contributed by atoms with E-state index in [1.165, 1.54) is 0 Å². The maximum atomic E-state index is 11.1. The van der Waals surface area contributed by atoms with Crippen LogP contribution in [-0.2, 0) is 11.2 Å². The highest BCUT2D eigenvalue weighted by Gasteiger charge is 2.12. The lowest BCUT2D eigenvalue weighted by Crippen LogP contribution is -2.15. The molecule has 0 amide bonds. The highest BCUT2D eigenvalue weighted by atomic mass is 32.2. The van der Waals surface area contributed by atoms with Gasteiger partial charge in [0.15, 0.2) is 11.5 Å². The molecule has 0 aromatic heterocycles. The van der Waals surface area contributed by atoms with Crippen LogP contribution in [0.4, 0.5) is 0 Å². The summed E-state index contributed by atoms with van der Waals surface area (Å²) in [5, 5.41) is 0. The van der Waals surface area contributed by atoms with Crippen LogP contribution in [0.25, 0.3) is 0 Å². The lowest BCUT2D eigenvalue weighted by Gasteiger charge is -2.15. The molecular formula is C13H21NO3S. The lowest BCUT2D eigenvalue weighted by molar-refractivity contribution is 0.310. The summed E-state index contributed by atoms with van der Waals surface area (Å²) in [6.07, 6.45) is 2.38. The molecule has 2 unspecified atom stereocenters. The Morgan fingerprint density at radius 3 is 2.67 bits per heavy atom. The molecule has 0 heterocycles. The first-order valence-corrected chi connectivity index (χ1v) is 7.67. The molecule has 0 aliphatic carbocycles. The molecule has 5 heteroatoms. The second kappa shape index (κ2) is 7.51. The first-order chi connectivity index (χ1) is 8.58. The van der Waals surface area contributed by atoms with E-state index in [0.29, 0.717) is 30.3 Å². The average molecular weight is 271 g/mol. The van der Waals surface area contributed by atoms with Gasteiger partial charge in [-0.1, -0.05) is 17.2 Å². The molecule has 1 aromatic carbocycles. The molecular weight excluding hydrogens is 250 g/mol. The van der Waals surface area contributed by atoms with Crippen molar-refractivity contribution in [2.24, 2.45) is 5.73 Å². The van der Waals surface area contributed by atoms with Crippen molar-refractivity contribution in [1.29, 1.82) is 0 Å². The highest BCUT2D eigenvalue weighted by Crippen LogP contribution is 2.30. The van der Waals surface area contributed by atoms with Crippen LogP contribution in [0.3, 0.4) is 0 Å². The van der Waals surface area contributed by atoms with E-state index in [9.17, 15) is 4.55 Å². The van der Waals surface area contributed by atoms with E-state index in [1.807, 2.05) is 25.1 Å². The largest absolute Gasteiger partial charge is 0.617 e. The van der Waals surface area contributed by atoms with Crippen molar-refractivity contribution < 1.29 is 14.0 Å². The summed E-state index contributed by atoms with van der Waals surface area (Å²) in [5.41, 5.74) is 7.05. The molecule has 0 saturated carbocycles. The van der Waals surface area contributed by atoms with Gasteiger partial charge in [0.25, 0.3) is 0 Å². The van der Waals surface area contributed by atoms with Gasteiger partial charge in [-0.15, -0.1) is 0 Å². The average Bonchev–Trinajstić information content (AvgIpc) is 2.36. The van der Waals surface area contributed by atoms with Crippen LogP contribution in [0.15, 0.2) is 18.2 Å². The normalized spacial score (nSPS) is 14.1. The van der Waals surface area contributed by atoms with E-state index in [2.05, 4.69) is 0 Å². The minimum atomic E-state index is -0.811. The molecule has 0 aliphatic heterocycles. The van der Waals surface area contributed by atoms with Gasteiger partial charge in [-0.3, -0.25) is 0 Å². The molecule has 4 nitrogen and oxygen atoms in total. The van der Waals surface area contributed by atoms with E-state index in [0.717, 1.165) is 5.56 Å². The van der Waals surface area contributed by atoms with Crippen molar-refractivity contribution in [1.82, 2.24) is 0 Å². The molecule has 0 bridgehead atoms. The topological polar surface area (TPSA) is 67.5 Å². The zero-order valence-corrected chi connectivity index (χ0v) is 12.0. The van der Waals surface area contributed by atoms with E-state index < -0.39 is 11.2 Å². The predicted molar refractivity (Wildman–Crippen MR) is 74.6 cm³/mol. The second-order valence-electron chi connectivity index (χ2n) is 4.02. The fourth-order valence-corrected chi connectivity index (χ4v) is 2.24. The Balaban J connectivity index is 2.79. The predicted octanol–water partition coefficient (Wildman–Crippen LogP) is 1.86. The van der Waals surface area contributed by atoms with Gasteiger partial charge in [0.2, 0.25) is 0 Å². The van der Waals surface area contributed by atoms with Crippen LogP contribution in [0.2, 0.25) is 0 Å². The van der Waals surface area contributed by atoms with Gasteiger partial charge >= 0.3 is 0 Å². The number of nitrogens with two attached hydrogens (primary N) is 1. The monoisotopic (exact) mass is 271 g/mol. The first kappa shape index (κ1) is 15.1. The van der Waals surface area contributed by atoms with Crippen molar-refractivity contribution in [3.8, 4) is 11.5 Å². The van der Waals surface area contributed by atoms with Gasteiger partial charge in [0.1, 0.15) is 5.75 Å². The van der Waals surface area contributed by atoms with Crippen LogP contribution in [0.1, 0.15) is 24.9 Å². The number of hydrogen-bond donors (Lipinski definition) is 1. The van der Waals surface area contributed by atoms with Crippen LogP contribution in [-0.4, -0.2) is 30.3 Å². The second-order valence-corrected chi connectivity index (χ2v) is 5.57. The molecule has 18 heavy (non-hydrogen) atoms. The van der Waals surface area contributed by atoms with Gasteiger partial charge in [-0.2, -0.15) is 0 Å². The summed E-state index contributed by atoms with van der Waals surface area (Å²) in [5.74, 6) is 2.01. The summed E-state index contributed by atoms with van der Waals surface area (Å²) in [6, 6.07) is 5.54. The molecule has 0 radical (unpaired) electrons. The summed E-state index contributed by atoms with van der Waals surface area (Å²) < 4.78 is 21.8. The number of methoxy groups -OCH3 is 1. The zero-order chi connectivity index (χ0) is 13.5. The Labute approximate surface area is 112 Å². The van der Waals surface area contributed by atoms with Gasteiger partial charge in [0, 0.05) is 12.5 Å². The Hall–Kier alpha value is -0.910. The summed E-state index contributed by atoms with van der Waals surface area (Å²) in [6.45, 7) is 2.50. The van der Waals surface area contributed by atoms with Gasteiger partial charge in [-0.05, 0) is 24.6 Å². The maximum absolute atomic E-state index is 11.1. The van der Waals surface area contributed by atoms with E-state index in [4.69, 9.17) is 15.2 Å². The van der Waals surface area contributed by atoms with E-state index in [-0.39, 0.29) is 6.04 Å². The third-order valence-electron chi connectivity index (χ3n) is 2.63. The summed E-state index contributed by atoms with van der Waals surface area (Å²) in [4.78, 5) is 0.